The Kier molecular flexibility index (Phi) is 6.62. The highest BCUT2D eigenvalue weighted by atomic mass is 35.5. The van der Waals surface area contributed by atoms with Crippen LogP contribution < -0.4 is 10.7 Å². The Morgan fingerprint density at radius 1 is 0.966 bits per heavy atom. The van der Waals surface area contributed by atoms with Crippen molar-refractivity contribution in [1.82, 2.24) is 10.7 Å². The number of hydrogen-bond donors (Lipinski definition) is 2. The van der Waals surface area contributed by atoms with Gasteiger partial charge in [-0.05, 0) is 28.8 Å². The summed E-state index contributed by atoms with van der Waals surface area (Å²) in [6, 6.07) is 19.8. The van der Waals surface area contributed by atoms with E-state index in [9.17, 15) is 9.59 Å². The number of fused-ring (bicyclic) bond motifs is 1. The van der Waals surface area contributed by atoms with Gasteiger partial charge in [0.25, 0.3) is 11.8 Å². The van der Waals surface area contributed by atoms with Gasteiger partial charge in [-0.1, -0.05) is 80.0 Å². The molecule has 0 aromatic heterocycles. The predicted octanol–water partition coefficient (Wildman–Crippen LogP) is 4.40. The maximum atomic E-state index is 12.6. The van der Waals surface area contributed by atoms with Crippen LogP contribution in [0, 0.1) is 5.92 Å². The number of halogens is 1. The minimum Gasteiger partial charge on any atom is -0.340 e. The van der Waals surface area contributed by atoms with Gasteiger partial charge in [0.2, 0.25) is 0 Å². The van der Waals surface area contributed by atoms with Crippen molar-refractivity contribution >= 4 is 40.4 Å². The maximum absolute atomic E-state index is 12.6. The van der Waals surface area contributed by atoms with Crippen LogP contribution in [0.15, 0.2) is 71.8 Å². The lowest BCUT2D eigenvalue weighted by Crippen LogP contribution is -2.48. The lowest BCUT2D eigenvalue weighted by Gasteiger charge is -2.20. The second-order valence-electron chi connectivity index (χ2n) is 6.98. The van der Waals surface area contributed by atoms with Crippen LogP contribution in [0.5, 0.6) is 0 Å². The lowest BCUT2D eigenvalue weighted by molar-refractivity contribution is -0.123. The number of benzene rings is 3. The van der Waals surface area contributed by atoms with E-state index in [-0.39, 0.29) is 5.92 Å². The molecule has 0 bridgehead atoms. The highest BCUT2D eigenvalue weighted by Crippen LogP contribution is 2.17. The number of nitrogens with zero attached hydrogens (tertiary/aromatic N) is 1. The number of nitrogens with one attached hydrogen (secondary N) is 2. The standard InChI is InChI=1S/C23H22ClN3O2/c1-15(2)21(26-22(28)19-12-5-6-13-20(19)24)23(29)27-25-14-17-10-7-9-16-8-3-4-11-18(16)17/h3-15,21H,1-2H3,(H,26,28)(H,27,29)/b25-14+. The van der Waals surface area contributed by atoms with Gasteiger partial charge in [-0.3, -0.25) is 9.59 Å². The normalized spacial score (nSPS) is 12.3. The molecule has 29 heavy (non-hydrogen) atoms. The quantitative estimate of drug-likeness (QED) is 0.469. The van der Waals surface area contributed by atoms with Gasteiger partial charge in [-0.2, -0.15) is 5.10 Å². The molecule has 3 rings (SSSR count). The van der Waals surface area contributed by atoms with Crippen LogP contribution in [-0.4, -0.2) is 24.1 Å². The van der Waals surface area contributed by atoms with E-state index < -0.39 is 17.9 Å². The molecule has 0 heterocycles. The fourth-order valence-electron chi connectivity index (χ4n) is 3.00. The van der Waals surface area contributed by atoms with Gasteiger partial charge < -0.3 is 5.32 Å². The minimum atomic E-state index is -0.747. The molecular weight excluding hydrogens is 386 g/mol. The van der Waals surface area contributed by atoms with Gasteiger partial charge in [0.15, 0.2) is 0 Å². The van der Waals surface area contributed by atoms with Crippen LogP contribution in [0.3, 0.4) is 0 Å². The van der Waals surface area contributed by atoms with E-state index in [1.54, 1.807) is 30.5 Å². The molecule has 0 aliphatic heterocycles. The number of rotatable bonds is 6. The zero-order valence-corrected chi connectivity index (χ0v) is 17.0. The highest BCUT2D eigenvalue weighted by Gasteiger charge is 2.25. The first-order valence-electron chi connectivity index (χ1n) is 9.33. The maximum Gasteiger partial charge on any atom is 0.262 e. The first kappa shape index (κ1) is 20.6. The van der Waals surface area contributed by atoms with E-state index in [0.29, 0.717) is 10.6 Å². The zero-order chi connectivity index (χ0) is 20.8. The van der Waals surface area contributed by atoms with Gasteiger partial charge in [0.1, 0.15) is 6.04 Å². The third-order valence-electron chi connectivity index (χ3n) is 4.56. The number of carbonyl (C=O) groups excluding carboxylic acids is 2. The third kappa shape index (κ3) is 5.00. The molecule has 0 aliphatic carbocycles. The summed E-state index contributed by atoms with van der Waals surface area (Å²) in [5.41, 5.74) is 3.75. The number of amides is 2. The molecule has 3 aromatic carbocycles. The summed E-state index contributed by atoms with van der Waals surface area (Å²) < 4.78 is 0. The van der Waals surface area contributed by atoms with E-state index in [1.165, 1.54) is 0 Å². The molecule has 5 nitrogen and oxygen atoms in total. The average Bonchev–Trinajstić information content (AvgIpc) is 2.72. The smallest absolute Gasteiger partial charge is 0.262 e. The van der Waals surface area contributed by atoms with Crippen LogP contribution in [-0.2, 0) is 4.79 Å². The molecule has 0 fully saturated rings. The van der Waals surface area contributed by atoms with Crippen LogP contribution in [0.4, 0.5) is 0 Å². The van der Waals surface area contributed by atoms with Gasteiger partial charge in [-0.15, -0.1) is 0 Å². The van der Waals surface area contributed by atoms with Crippen LogP contribution in [0.25, 0.3) is 10.8 Å². The first-order chi connectivity index (χ1) is 14.0. The molecule has 1 atom stereocenters. The molecule has 2 amide bonds. The Balaban J connectivity index is 1.70. The number of hydrogen-bond acceptors (Lipinski definition) is 3. The molecule has 2 N–H and O–H groups in total. The predicted molar refractivity (Wildman–Crippen MR) is 117 cm³/mol. The third-order valence-corrected chi connectivity index (χ3v) is 4.89. The molecule has 3 aromatic rings. The Morgan fingerprint density at radius 3 is 2.41 bits per heavy atom. The van der Waals surface area contributed by atoms with E-state index in [0.717, 1.165) is 16.3 Å². The fourth-order valence-corrected chi connectivity index (χ4v) is 3.22. The van der Waals surface area contributed by atoms with E-state index in [1.807, 2.05) is 56.3 Å². The molecule has 148 valence electrons. The van der Waals surface area contributed by atoms with Crippen LogP contribution >= 0.6 is 11.6 Å². The lowest BCUT2D eigenvalue weighted by atomic mass is 10.0. The van der Waals surface area contributed by atoms with Crippen molar-refractivity contribution in [2.45, 2.75) is 19.9 Å². The monoisotopic (exact) mass is 407 g/mol. The first-order valence-corrected chi connectivity index (χ1v) is 9.71. The summed E-state index contributed by atoms with van der Waals surface area (Å²) >= 11 is 6.08. The largest absolute Gasteiger partial charge is 0.340 e. The zero-order valence-electron chi connectivity index (χ0n) is 16.2. The molecule has 1 unspecified atom stereocenters. The summed E-state index contributed by atoms with van der Waals surface area (Å²) in [5, 5.41) is 9.30. The Hall–Kier alpha value is -3.18. The summed E-state index contributed by atoms with van der Waals surface area (Å²) in [4.78, 5) is 25.1. The molecular formula is C23H22ClN3O2. The molecule has 0 saturated heterocycles. The Morgan fingerprint density at radius 2 is 1.66 bits per heavy atom. The molecule has 6 heteroatoms. The van der Waals surface area contributed by atoms with Crippen molar-refractivity contribution in [3.63, 3.8) is 0 Å². The van der Waals surface area contributed by atoms with Gasteiger partial charge in [-0.25, -0.2) is 5.43 Å². The van der Waals surface area contributed by atoms with E-state index in [2.05, 4.69) is 15.8 Å². The summed E-state index contributed by atoms with van der Waals surface area (Å²) in [5.74, 6) is -0.923. The topological polar surface area (TPSA) is 70.6 Å². The van der Waals surface area contributed by atoms with Crippen molar-refractivity contribution in [3.05, 3.63) is 82.9 Å². The Labute approximate surface area is 174 Å². The van der Waals surface area contributed by atoms with Gasteiger partial charge in [0.05, 0.1) is 16.8 Å². The van der Waals surface area contributed by atoms with Crippen molar-refractivity contribution in [2.75, 3.05) is 0 Å². The molecule has 0 aliphatic rings. The highest BCUT2D eigenvalue weighted by molar-refractivity contribution is 6.33. The van der Waals surface area contributed by atoms with Crippen LogP contribution in [0.1, 0.15) is 29.8 Å². The van der Waals surface area contributed by atoms with Gasteiger partial charge >= 0.3 is 0 Å². The summed E-state index contributed by atoms with van der Waals surface area (Å²) in [7, 11) is 0. The molecule has 0 spiro atoms. The van der Waals surface area contributed by atoms with Crippen molar-refractivity contribution < 1.29 is 9.59 Å². The summed E-state index contributed by atoms with van der Waals surface area (Å²) in [6.07, 6.45) is 1.60. The van der Waals surface area contributed by atoms with Crippen molar-refractivity contribution in [1.29, 1.82) is 0 Å². The number of carbonyl (C=O) groups is 2. The van der Waals surface area contributed by atoms with E-state index >= 15 is 0 Å². The van der Waals surface area contributed by atoms with Crippen LogP contribution in [0.2, 0.25) is 5.02 Å². The van der Waals surface area contributed by atoms with E-state index in [4.69, 9.17) is 11.6 Å². The SMILES string of the molecule is CC(C)C(NC(=O)c1ccccc1Cl)C(=O)N/N=C/c1cccc2ccccc12. The minimum absolute atomic E-state index is 0.130. The number of hydrazone groups is 1. The molecule has 0 radical (unpaired) electrons. The van der Waals surface area contributed by atoms with Crippen molar-refractivity contribution in [3.8, 4) is 0 Å². The van der Waals surface area contributed by atoms with Gasteiger partial charge in [0, 0.05) is 5.56 Å². The second-order valence-corrected chi connectivity index (χ2v) is 7.38. The fraction of sp³-hybridized carbons (Fsp3) is 0.174. The summed E-state index contributed by atoms with van der Waals surface area (Å²) in [6.45, 7) is 3.71. The molecule has 0 saturated carbocycles. The second kappa shape index (κ2) is 9.34. The average molecular weight is 408 g/mol. The van der Waals surface area contributed by atoms with Crippen molar-refractivity contribution in [2.24, 2.45) is 11.0 Å². The Bertz CT molecular complexity index is 1060.